The molecule has 0 saturated heterocycles. The van der Waals surface area contributed by atoms with E-state index in [-0.39, 0.29) is 5.91 Å². The molecule has 0 aromatic heterocycles. The smallest absolute Gasteiger partial charge is 0.260 e. The Morgan fingerprint density at radius 3 is 2.68 bits per heavy atom. The van der Waals surface area contributed by atoms with Crippen LogP contribution in [0.5, 0.6) is 5.75 Å². The van der Waals surface area contributed by atoms with Crippen LogP contribution < -0.4 is 10.1 Å². The van der Waals surface area contributed by atoms with E-state index < -0.39 is 11.9 Å². The molecule has 0 radical (unpaired) electrons. The molecule has 0 spiro atoms. The zero-order chi connectivity index (χ0) is 14.4. The van der Waals surface area contributed by atoms with E-state index in [0.717, 1.165) is 6.42 Å². The Balaban J connectivity index is 2.47. The molecule has 1 atom stereocenters. The van der Waals surface area contributed by atoms with E-state index >= 15 is 0 Å². The summed E-state index contributed by atoms with van der Waals surface area (Å²) < 4.78 is 19.1. The number of nitrogens with one attached hydrogen (secondary N) is 1. The lowest BCUT2D eigenvalue weighted by Crippen LogP contribution is -2.37. The van der Waals surface area contributed by atoms with Crippen LogP contribution in [0.2, 0.25) is 0 Å². The van der Waals surface area contributed by atoms with Gasteiger partial charge in [-0.2, -0.15) is 0 Å². The van der Waals surface area contributed by atoms with Crippen molar-refractivity contribution in [2.75, 3.05) is 6.54 Å². The molecule has 0 aliphatic rings. The SMILES string of the molecule is CC(C)CCNC(=O)C(C)Oc1ccc(Br)c(F)c1. The average molecular weight is 332 g/mol. The van der Waals surface area contributed by atoms with Crippen LogP contribution in [0, 0.1) is 11.7 Å². The second-order valence-corrected chi connectivity index (χ2v) is 5.66. The fourth-order valence-corrected chi connectivity index (χ4v) is 1.68. The summed E-state index contributed by atoms with van der Waals surface area (Å²) in [6, 6.07) is 4.42. The molecule has 0 heterocycles. The normalized spacial score (nSPS) is 12.3. The molecule has 0 aliphatic carbocycles. The van der Waals surface area contributed by atoms with E-state index in [1.807, 2.05) is 0 Å². The zero-order valence-electron chi connectivity index (χ0n) is 11.4. The summed E-state index contributed by atoms with van der Waals surface area (Å²) in [5, 5.41) is 2.79. The molecule has 0 bridgehead atoms. The van der Waals surface area contributed by atoms with Crippen LogP contribution in [-0.4, -0.2) is 18.6 Å². The number of carbonyl (C=O) groups excluding carboxylic acids is 1. The molecule has 1 rings (SSSR count). The fraction of sp³-hybridized carbons (Fsp3) is 0.500. The molecule has 1 amide bonds. The Morgan fingerprint density at radius 2 is 2.11 bits per heavy atom. The number of ether oxygens (including phenoxy) is 1. The maximum absolute atomic E-state index is 13.3. The number of hydrogen-bond donors (Lipinski definition) is 1. The number of benzene rings is 1. The first kappa shape index (κ1) is 16.0. The van der Waals surface area contributed by atoms with E-state index in [1.165, 1.54) is 6.07 Å². The quantitative estimate of drug-likeness (QED) is 0.866. The zero-order valence-corrected chi connectivity index (χ0v) is 13.0. The first-order valence-corrected chi connectivity index (χ1v) is 7.09. The Bertz CT molecular complexity index is 437. The number of rotatable bonds is 6. The van der Waals surface area contributed by atoms with Gasteiger partial charge in [-0.05, 0) is 47.3 Å². The summed E-state index contributed by atoms with van der Waals surface area (Å²) in [5.74, 6) is 0.276. The van der Waals surface area contributed by atoms with Crippen molar-refractivity contribution in [3.63, 3.8) is 0 Å². The first-order valence-electron chi connectivity index (χ1n) is 6.29. The van der Waals surface area contributed by atoms with Crippen molar-refractivity contribution >= 4 is 21.8 Å². The van der Waals surface area contributed by atoms with E-state index in [0.29, 0.717) is 22.7 Å². The predicted octanol–water partition coefficient (Wildman–Crippen LogP) is 3.52. The third-order valence-corrected chi connectivity index (χ3v) is 3.24. The van der Waals surface area contributed by atoms with Crippen molar-refractivity contribution in [2.45, 2.75) is 33.3 Å². The lowest BCUT2D eigenvalue weighted by molar-refractivity contribution is -0.127. The molecule has 1 unspecified atom stereocenters. The molecule has 5 heteroatoms. The van der Waals surface area contributed by atoms with Gasteiger partial charge < -0.3 is 10.1 Å². The Kier molecular flexibility index (Phi) is 6.28. The van der Waals surface area contributed by atoms with Crippen LogP contribution in [0.3, 0.4) is 0 Å². The second kappa shape index (κ2) is 7.48. The summed E-state index contributed by atoms with van der Waals surface area (Å²) in [7, 11) is 0. The van der Waals surface area contributed by atoms with Crippen LogP contribution in [0.25, 0.3) is 0 Å². The average Bonchev–Trinajstić information content (AvgIpc) is 2.33. The minimum absolute atomic E-state index is 0.191. The summed E-state index contributed by atoms with van der Waals surface area (Å²) in [5.41, 5.74) is 0. The van der Waals surface area contributed by atoms with Gasteiger partial charge in [-0.25, -0.2) is 4.39 Å². The molecule has 0 fully saturated rings. The van der Waals surface area contributed by atoms with Gasteiger partial charge in [0.1, 0.15) is 11.6 Å². The predicted molar refractivity (Wildman–Crippen MR) is 76.7 cm³/mol. The molecule has 106 valence electrons. The maximum Gasteiger partial charge on any atom is 0.260 e. The lowest BCUT2D eigenvalue weighted by Gasteiger charge is -2.15. The van der Waals surface area contributed by atoms with Crippen LogP contribution in [-0.2, 0) is 4.79 Å². The highest BCUT2D eigenvalue weighted by atomic mass is 79.9. The van der Waals surface area contributed by atoms with E-state index in [1.54, 1.807) is 19.1 Å². The van der Waals surface area contributed by atoms with Gasteiger partial charge in [-0.1, -0.05) is 13.8 Å². The topological polar surface area (TPSA) is 38.3 Å². The van der Waals surface area contributed by atoms with Crippen molar-refractivity contribution in [3.05, 3.63) is 28.5 Å². The second-order valence-electron chi connectivity index (χ2n) is 4.81. The molecule has 0 saturated carbocycles. The molecule has 1 aromatic rings. The van der Waals surface area contributed by atoms with Crippen molar-refractivity contribution in [1.29, 1.82) is 0 Å². The van der Waals surface area contributed by atoms with Crippen LogP contribution in [0.15, 0.2) is 22.7 Å². The molecular weight excluding hydrogens is 313 g/mol. The van der Waals surface area contributed by atoms with Gasteiger partial charge >= 0.3 is 0 Å². The summed E-state index contributed by atoms with van der Waals surface area (Å²) in [4.78, 5) is 11.7. The van der Waals surface area contributed by atoms with Crippen molar-refractivity contribution in [2.24, 2.45) is 5.92 Å². The third-order valence-electron chi connectivity index (χ3n) is 2.59. The largest absolute Gasteiger partial charge is 0.481 e. The fourth-order valence-electron chi connectivity index (χ4n) is 1.44. The summed E-state index contributed by atoms with van der Waals surface area (Å²) in [6.07, 6.45) is 0.276. The molecule has 19 heavy (non-hydrogen) atoms. The van der Waals surface area contributed by atoms with Crippen LogP contribution in [0.4, 0.5) is 4.39 Å². The number of hydrogen-bond acceptors (Lipinski definition) is 2. The Hall–Kier alpha value is -1.10. The highest BCUT2D eigenvalue weighted by Crippen LogP contribution is 2.21. The van der Waals surface area contributed by atoms with E-state index in [2.05, 4.69) is 35.1 Å². The monoisotopic (exact) mass is 331 g/mol. The molecule has 0 aliphatic heterocycles. The maximum atomic E-state index is 13.3. The minimum Gasteiger partial charge on any atom is -0.481 e. The van der Waals surface area contributed by atoms with Gasteiger partial charge in [0.05, 0.1) is 4.47 Å². The lowest BCUT2D eigenvalue weighted by atomic mass is 10.1. The standard InChI is InChI=1S/C14H19BrFNO2/c1-9(2)6-7-17-14(18)10(3)19-11-4-5-12(15)13(16)8-11/h4-5,8-10H,6-7H2,1-3H3,(H,17,18). The number of carbonyl (C=O) groups is 1. The molecular formula is C14H19BrFNO2. The Morgan fingerprint density at radius 1 is 1.42 bits per heavy atom. The van der Waals surface area contributed by atoms with Gasteiger partial charge in [-0.15, -0.1) is 0 Å². The molecule has 3 nitrogen and oxygen atoms in total. The van der Waals surface area contributed by atoms with Gasteiger partial charge in [-0.3, -0.25) is 4.79 Å². The van der Waals surface area contributed by atoms with Gasteiger partial charge in [0.2, 0.25) is 0 Å². The highest BCUT2D eigenvalue weighted by molar-refractivity contribution is 9.10. The van der Waals surface area contributed by atoms with Crippen LogP contribution in [0.1, 0.15) is 27.2 Å². The van der Waals surface area contributed by atoms with Gasteiger partial charge in [0.15, 0.2) is 6.10 Å². The summed E-state index contributed by atoms with van der Waals surface area (Å²) in [6.45, 7) is 6.46. The van der Waals surface area contributed by atoms with E-state index in [4.69, 9.17) is 4.74 Å². The highest BCUT2D eigenvalue weighted by Gasteiger charge is 2.14. The summed E-state index contributed by atoms with van der Waals surface area (Å²) >= 11 is 3.06. The van der Waals surface area contributed by atoms with Crippen LogP contribution >= 0.6 is 15.9 Å². The van der Waals surface area contributed by atoms with Crippen molar-refractivity contribution in [3.8, 4) is 5.75 Å². The first-order chi connectivity index (χ1) is 8.90. The number of halogens is 2. The van der Waals surface area contributed by atoms with E-state index in [9.17, 15) is 9.18 Å². The van der Waals surface area contributed by atoms with Crippen molar-refractivity contribution in [1.82, 2.24) is 5.32 Å². The molecule has 1 aromatic carbocycles. The van der Waals surface area contributed by atoms with Gasteiger partial charge in [0, 0.05) is 12.6 Å². The third kappa shape index (κ3) is 5.59. The Labute approximate surface area is 121 Å². The van der Waals surface area contributed by atoms with Gasteiger partial charge in [0.25, 0.3) is 5.91 Å². The minimum atomic E-state index is -0.646. The number of amides is 1. The van der Waals surface area contributed by atoms with Crippen molar-refractivity contribution < 1.29 is 13.9 Å². The molecule has 1 N–H and O–H groups in total.